The summed E-state index contributed by atoms with van der Waals surface area (Å²) >= 11 is 1.65. The zero-order chi connectivity index (χ0) is 19.9. The minimum Gasteiger partial charge on any atom is -0.488 e. The quantitative estimate of drug-likeness (QED) is 0.378. The number of hydrogen-bond acceptors (Lipinski definition) is 5. The SMILES string of the molecule is CCCNc1ncc(-c2cccnc2-c2ccccc2OCc2ccccc2)s1. The molecule has 2 aromatic carbocycles. The molecule has 0 bridgehead atoms. The van der Waals surface area contributed by atoms with Crippen molar-refractivity contribution in [3.63, 3.8) is 0 Å². The summed E-state index contributed by atoms with van der Waals surface area (Å²) in [4.78, 5) is 10.3. The highest BCUT2D eigenvalue weighted by Crippen LogP contribution is 2.38. The summed E-state index contributed by atoms with van der Waals surface area (Å²) in [7, 11) is 0. The van der Waals surface area contributed by atoms with Gasteiger partial charge in [0, 0.05) is 30.1 Å². The molecular formula is C24H23N3OS. The van der Waals surface area contributed by atoms with Crippen LogP contribution in [0.1, 0.15) is 18.9 Å². The topological polar surface area (TPSA) is 47.0 Å². The van der Waals surface area contributed by atoms with Crippen LogP contribution in [0.15, 0.2) is 79.1 Å². The number of para-hydroxylation sites is 1. The molecule has 0 saturated heterocycles. The molecule has 0 aliphatic heterocycles. The third-order valence-electron chi connectivity index (χ3n) is 4.48. The van der Waals surface area contributed by atoms with Crippen LogP contribution < -0.4 is 10.1 Å². The summed E-state index contributed by atoms with van der Waals surface area (Å²) in [6.45, 7) is 3.59. The Hall–Kier alpha value is -3.18. The maximum absolute atomic E-state index is 6.16. The largest absolute Gasteiger partial charge is 0.488 e. The minimum atomic E-state index is 0.520. The summed E-state index contributed by atoms with van der Waals surface area (Å²) in [5.74, 6) is 0.824. The predicted octanol–water partition coefficient (Wildman–Crippen LogP) is 6.27. The Morgan fingerprint density at radius 3 is 2.55 bits per heavy atom. The van der Waals surface area contributed by atoms with Gasteiger partial charge in [-0.15, -0.1) is 0 Å². The Balaban J connectivity index is 1.65. The fraction of sp³-hybridized carbons (Fsp3) is 0.167. The second-order valence-electron chi connectivity index (χ2n) is 6.63. The number of pyridine rings is 1. The van der Waals surface area contributed by atoms with Crippen molar-refractivity contribution in [3.8, 4) is 27.4 Å². The van der Waals surface area contributed by atoms with E-state index < -0.39 is 0 Å². The van der Waals surface area contributed by atoms with E-state index in [1.54, 1.807) is 11.3 Å². The Bertz CT molecular complexity index is 1060. The number of rotatable bonds is 8. The van der Waals surface area contributed by atoms with Crippen LogP contribution in [-0.2, 0) is 6.61 Å². The van der Waals surface area contributed by atoms with Crippen LogP contribution in [0.3, 0.4) is 0 Å². The van der Waals surface area contributed by atoms with Gasteiger partial charge in [0.1, 0.15) is 12.4 Å². The zero-order valence-electron chi connectivity index (χ0n) is 16.3. The monoisotopic (exact) mass is 401 g/mol. The first-order valence-corrected chi connectivity index (χ1v) is 10.6. The molecule has 0 spiro atoms. The van der Waals surface area contributed by atoms with Crippen molar-refractivity contribution in [2.75, 3.05) is 11.9 Å². The standard InChI is InChI=1S/C24H23N3OS/c1-2-14-26-24-27-16-22(29-24)20-12-8-15-25-23(20)19-11-6-7-13-21(19)28-17-18-9-4-3-5-10-18/h3-13,15-16H,2,14,17H2,1H3,(H,26,27). The molecule has 4 aromatic rings. The normalized spacial score (nSPS) is 10.7. The molecule has 0 radical (unpaired) electrons. The van der Waals surface area contributed by atoms with Crippen LogP contribution in [0.4, 0.5) is 5.13 Å². The van der Waals surface area contributed by atoms with Crippen molar-refractivity contribution in [2.24, 2.45) is 0 Å². The van der Waals surface area contributed by atoms with Crippen molar-refractivity contribution in [3.05, 3.63) is 84.7 Å². The Morgan fingerprint density at radius 1 is 0.897 bits per heavy atom. The number of anilines is 1. The lowest BCUT2D eigenvalue weighted by molar-refractivity contribution is 0.307. The van der Waals surface area contributed by atoms with E-state index in [1.807, 2.05) is 54.9 Å². The predicted molar refractivity (Wildman–Crippen MR) is 120 cm³/mol. The molecule has 0 aliphatic carbocycles. The first-order chi connectivity index (χ1) is 14.3. The van der Waals surface area contributed by atoms with Gasteiger partial charge in [0.15, 0.2) is 5.13 Å². The molecule has 2 aromatic heterocycles. The summed E-state index contributed by atoms with van der Waals surface area (Å²) in [5.41, 5.74) is 4.08. The first kappa shape index (κ1) is 19.2. The highest BCUT2D eigenvalue weighted by molar-refractivity contribution is 7.18. The Labute approximate surface area is 175 Å². The van der Waals surface area contributed by atoms with Crippen LogP contribution in [0.25, 0.3) is 21.7 Å². The van der Waals surface area contributed by atoms with Gasteiger partial charge in [0.25, 0.3) is 0 Å². The van der Waals surface area contributed by atoms with Gasteiger partial charge in [-0.25, -0.2) is 4.98 Å². The van der Waals surface area contributed by atoms with E-state index in [0.717, 1.165) is 51.1 Å². The van der Waals surface area contributed by atoms with Crippen LogP contribution in [0.5, 0.6) is 5.75 Å². The van der Waals surface area contributed by atoms with E-state index in [-0.39, 0.29) is 0 Å². The van der Waals surface area contributed by atoms with E-state index in [1.165, 1.54) is 0 Å². The van der Waals surface area contributed by atoms with E-state index in [2.05, 4.69) is 41.5 Å². The molecule has 5 heteroatoms. The van der Waals surface area contributed by atoms with Crippen molar-refractivity contribution < 1.29 is 4.74 Å². The number of benzene rings is 2. The van der Waals surface area contributed by atoms with Gasteiger partial charge >= 0.3 is 0 Å². The van der Waals surface area contributed by atoms with Crippen LogP contribution in [0.2, 0.25) is 0 Å². The molecule has 4 nitrogen and oxygen atoms in total. The van der Waals surface area contributed by atoms with Crippen molar-refractivity contribution in [2.45, 2.75) is 20.0 Å². The van der Waals surface area contributed by atoms with E-state index in [4.69, 9.17) is 9.72 Å². The average molecular weight is 402 g/mol. The highest BCUT2D eigenvalue weighted by Gasteiger charge is 2.15. The Kier molecular flexibility index (Phi) is 6.17. The summed E-state index contributed by atoms with van der Waals surface area (Å²) in [5, 5.41) is 4.29. The van der Waals surface area contributed by atoms with Crippen molar-refractivity contribution >= 4 is 16.5 Å². The first-order valence-electron chi connectivity index (χ1n) is 9.76. The second-order valence-corrected chi connectivity index (χ2v) is 7.66. The number of nitrogens with one attached hydrogen (secondary N) is 1. The van der Waals surface area contributed by atoms with Crippen LogP contribution in [-0.4, -0.2) is 16.5 Å². The van der Waals surface area contributed by atoms with Gasteiger partial charge < -0.3 is 10.1 Å². The molecule has 1 N–H and O–H groups in total. The lowest BCUT2D eigenvalue weighted by atomic mass is 10.0. The van der Waals surface area contributed by atoms with Crippen molar-refractivity contribution in [1.82, 2.24) is 9.97 Å². The Morgan fingerprint density at radius 2 is 1.69 bits per heavy atom. The molecular weight excluding hydrogens is 378 g/mol. The lowest BCUT2D eigenvalue weighted by Crippen LogP contribution is -1.98. The van der Waals surface area contributed by atoms with E-state index in [0.29, 0.717) is 6.61 Å². The molecule has 2 heterocycles. The van der Waals surface area contributed by atoms with Gasteiger partial charge in [-0.2, -0.15) is 0 Å². The zero-order valence-corrected chi connectivity index (χ0v) is 17.2. The minimum absolute atomic E-state index is 0.520. The molecule has 0 fully saturated rings. The molecule has 4 rings (SSSR count). The lowest BCUT2D eigenvalue weighted by Gasteiger charge is -2.13. The van der Waals surface area contributed by atoms with E-state index in [9.17, 15) is 0 Å². The summed E-state index contributed by atoms with van der Waals surface area (Å²) < 4.78 is 6.16. The van der Waals surface area contributed by atoms with Gasteiger partial charge in [0.05, 0.1) is 10.6 Å². The molecule has 0 amide bonds. The van der Waals surface area contributed by atoms with Crippen molar-refractivity contribution in [1.29, 1.82) is 0 Å². The van der Waals surface area contributed by atoms with Gasteiger partial charge in [-0.1, -0.05) is 60.7 Å². The second kappa shape index (κ2) is 9.34. The van der Waals surface area contributed by atoms with Gasteiger partial charge in [-0.05, 0) is 36.2 Å². The molecule has 0 atom stereocenters. The summed E-state index contributed by atoms with van der Waals surface area (Å²) in [6, 6.07) is 22.3. The third-order valence-corrected chi connectivity index (χ3v) is 5.47. The number of thiazole rings is 1. The number of aromatic nitrogens is 2. The molecule has 0 aliphatic rings. The highest BCUT2D eigenvalue weighted by atomic mass is 32.1. The maximum atomic E-state index is 6.16. The molecule has 0 unspecified atom stereocenters. The maximum Gasteiger partial charge on any atom is 0.183 e. The third kappa shape index (κ3) is 4.63. The van der Waals surface area contributed by atoms with Crippen LogP contribution in [0, 0.1) is 0 Å². The molecule has 146 valence electrons. The fourth-order valence-corrected chi connectivity index (χ4v) is 3.92. The van der Waals surface area contributed by atoms with Gasteiger partial charge in [0.2, 0.25) is 0 Å². The summed E-state index contributed by atoms with van der Waals surface area (Å²) in [6.07, 6.45) is 4.81. The number of nitrogens with zero attached hydrogens (tertiary/aromatic N) is 2. The molecule has 0 saturated carbocycles. The number of ether oxygens (including phenoxy) is 1. The van der Waals surface area contributed by atoms with Crippen LogP contribution >= 0.6 is 11.3 Å². The van der Waals surface area contributed by atoms with Gasteiger partial charge in [-0.3, -0.25) is 4.98 Å². The van der Waals surface area contributed by atoms with E-state index >= 15 is 0 Å². The average Bonchev–Trinajstić information content (AvgIpc) is 3.26. The molecule has 29 heavy (non-hydrogen) atoms. The fourth-order valence-electron chi connectivity index (χ4n) is 3.05. The smallest absolute Gasteiger partial charge is 0.183 e. The number of hydrogen-bond donors (Lipinski definition) is 1.